The minimum Gasteiger partial charge on any atom is -0.447 e. The Labute approximate surface area is 136 Å². The van der Waals surface area contributed by atoms with Gasteiger partial charge in [-0.15, -0.1) is 0 Å². The summed E-state index contributed by atoms with van der Waals surface area (Å²) in [4.78, 5) is 18.6. The minimum absolute atomic E-state index is 0.0703. The van der Waals surface area contributed by atoms with E-state index in [4.69, 9.17) is 9.15 Å². The lowest BCUT2D eigenvalue weighted by Gasteiger charge is -2.56. The monoisotopic (exact) mass is 322 g/mol. The highest BCUT2D eigenvalue weighted by atomic mass is 16.5. The highest BCUT2D eigenvalue weighted by molar-refractivity contribution is 5.93. The first-order valence-electron chi connectivity index (χ1n) is 8.52. The molecule has 1 aromatic rings. The molecule has 2 fully saturated rings. The van der Waals surface area contributed by atoms with Crippen LogP contribution in [0.15, 0.2) is 10.8 Å². The number of carbonyl (C=O) groups is 1. The molecule has 1 aliphatic heterocycles. The number of oxazole rings is 1. The second-order valence-electron chi connectivity index (χ2n) is 6.94. The van der Waals surface area contributed by atoms with E-state index in [1.54, 1.807) is 0 Å². The van der Waals surface area contributed by atoms with E-state index in [1.165, 1.54) is 6.39 Å². The highest BCUT2D eigenvalue weighted by Crippen LogP contribution is 2.51. The van der Waals surface area contributed by atoms with Crippen LogP contribution in [0.1, 0.15) is 62.2 Å². The van der Waals surface area contributed by atoms with Crippen molar-refractivity contribution in [2.24, 2.45) is 5.41 Å². The predicted octanol–water partition coefficient (Wildman–Crippen LogP) is 2.19. The van der Waals surface area contributed by atoms with Crippen LogP contribution in [0.4, 0.5) is 0 Å². The molecule has 0 unspecified atom stereocenters. The Morgan fingerprint density at radius 3 is 2.78 bits per heavy atom. The number of aliphatic hydroxyl groups excluding tert-OH is 1. The largest absolute Gasteiger partial charge is 0.447 e. The molecule has 0 aromatic carbocycles. The molecule has 128 valence electrons. The lowest BCUT2D eigenvalue weighted by molar-refractivity contribution is -0.207. The second kappa shape index (κ2) is 6.24. The average Bonchev–Trinajstić information content (AvgIpc) is 3.04. The lowest BCUT2D eigenvalue weighted by Crippen LogP contribution is -2.62. The minimum atomic E-state index is -0.311. The summed E-state index contributed by atoms with van der Waals surface area (Å²) in [5, 5.41) is 10.2. The van der Waals surface area contributed by atoms with E-state index in [0.717, 1.165) is 12.8 Å². The Bertz CT molecular complexity index is 559. The zero-order valence-corrected chi connectivity index (χ0v) is 14.1. The third-order valence-corrected chi connectivity index (χ3v) is 5.41. The van der Waals surface area contributed by atoms with E-state index >= 15 is 0 Å². The number of amides is 1. The van der Waals surface area contributed by atoms with Gasteiger partial charge >= 0.3 is 0 Å². The summed E-state index contributed by atoms with van der Waals surface area (Å²) in [6, 6.07) is 0. The van der Waals surface area contributed by atoms with Gasteiger partial charge in [-0.3, -0.25) is 4.79 Å². The molecule has 1 N–H and O–H groups in total. The third kappa shape index (κ3) is 2.68. The topological polar surface area (TPSA) is 75.8 Å². The van der Waals surface area contributed by atoms with Crippen molar-refractivity contribution < 1.29 is 19.1 Å². The molecule has 2 heterocycles. The molecule has 0 radical (unpaired) electrons. The van der Waals surface area contributed by atoms with E-state index in [9.17, 15) is 9.90 Å². The van der Waals surface area contributed by atoms with Gasteiger partial charge in [0, 0.05) is 37.5 Å². The molecule has 1 saturated carbocycles. The molecule has 6 heteroatoms. The van der Waals surface area contributed by atoms with E-state index < -0.39 is 0 Å². The van der Waals surface area contributed by atoms with Crippen molar-refractivity contribution in [3.05, 3.63) is 17.8 Å². The summed E-state index contributed by atoms with van der Waals surface area (Å²) in [5.41, 5.74) is 0.253. The van der Waals surface area contributed by atoms with Crippen molar-refractivity contribution in [3.63, 3.8) is 0 Å². The lowest BCUT2D eigenvalue weighted by atomic mass is 9.58. The first-order chi connectivity index (χ1) is 11.0. The Morgan fingerprint density at radius 2 is 2.22 bits per heavy atom. The van der Waals surface area contributed by atoms with E-state index in [-0.39, 0.29) is 29.4 Å². The van der Waals surface area contributed by atoms with Gasteiger partial charge in [0.25, 0.3) is 5.91 Å². The van der Waals surface area contributed by atoms with Crippen molar-refractivity contribution in [1.82, 2.24) is 9.88 Å². The molecule has 6 nitrogen and oxygen atoms in total. The average molecular weight is 322 g/mol. The smallest absolute Gasteiger partial charge is 0.276 e. The van der Waals surface area contributed by atoms with E-state index in [2.05, 4.69) is 4.98 Å². The summed E-state index contributed by atoms with van der Waals surface area (Å²) in [6.45, 7) is 7.88. The standard InChI is InChI=1S/C17H26N2O4/c1-4-22-13-9-12(20)17(13)5-7-19(8-6-17)16(21)14-15(11(2)3)23-10-18-14/h10-13,20H,4-9H2,1-3H3/t12-,13+/m1/s1. The van der Waals surface area contributed by atoms with Crippen LogP contribution >= 0.6 is 0 Å². The fraction of sp³-hybridized carbons (Fsp3) is 0.765. The van der Waals surface area contributed by atoms with Gasteiger partial charge in [-0.2, -0.15) is 0 Å². The van der Waals surface area contributed by atoms with Crippen molar-refractivity contribution in [1.29, 1.82) is 0 Å². The van der Waals surface area contributed by atoms with E-state index in [0.29, 0.717) is 37.6 Å². The summed E-state index contributed by atoms with van der Waals surface area (Å²) in [5.74, 6) is 0.702. The molecular weight excluding hydrogens is 296 g/mol. The molecule has 3 rings (SSSR count). The van der Waals surface area contributed by atoms with Crippen LogP contribution in [0.25, 0.3) is 0 Å². The molecule has 1 spiro atoms. The molecule has 2 aliphatic rings. The Hall–Kier alpha value is -1.40. The summed E-state index contributed by atoms with van der Waals surface area (Å²) in [6.07, 6.45) is 3.42. The molecule has 0 bridgehead atoms. The molecule has 2 atom stereocenters. The number of aromatic nitrogens is 1. The van der Waals surface area contributed by atoms with Crippen LogP contribution in [0.2, 0.25) is 0 Å². The van der Waals surface area contributed by atoms with E-state index in [1.807, 2.05) is 25.7 Å². The van der Waals surface area contributed by atoms with Crippen LogP contribution in [0.3, 0.4) is 0 Å². The van der Waals surface area contributed by atoms with Crippen LogP contribution in [0.5, 0.6) is 0 Å². The zero-order valence-electron chi connectivity index (χ0n) is 14.1. The van der Waals surface area contributed by atoms with Crippen LogP contribution in [0, 0.1) is 5.41 Å². The summed E-state index contributed by atoms with van der Waals surface area (Å²) < 4.78 is 11.1. The summed E-state index contributed by atoms with van der Waals surface area (Å²) in [7, 11) is 0. The van der Waals surface area contributed by atoms with Crippen LogP contribution in [-0.4, -0.2) is 52.8 Å². The fourth-order valence-electron chi connectivity index (χ4n) is 3.92. The quantitative estimate of drug-likeness (QED) is 0.919. The summed E-state index contributed by atoms with van der Waals surface area (Å²) >= 11 is 0. The fourth-order valence-corrected chi connectivity index (χ4v) is 3.92. The van der Waals surface area contributed by atoms with Gasteiger partial charge in [0.2, 0.25) is 0 Å². The van der Waals surface area contributed by atoms with Gasteiger partial charge in [0.15, 0.2) is 12.1 Å². The SMILES string of the molecule is CCO[C@H]1C[C@@H](O)C12CCN(C(=O)c1ncoc1C(C)C)CC2. The normalized spacial score (nSPS) is 26.6. The van der Waals surface area contributed by atoms with Gasteiger partial charge < -0.3 is 19.2 Å². The van der Waals surface area contributed by atoms with Gasteiger partial charge in [0.05, 0.1) is 12.2 Å². The molecular formula is C17H26N2O4. The number of likely N-dealkylation sites (tertiary alicyclic amines) is 1. The van der Waals surface area contributed by atoms with Crippen LogP contribution < -0.4 is 0 Å². The number of piperidine rings is 1. The Kier molecular flexibility index (Phi) is 4.47. The molecule has 1 aromatic heterocycles. The number of hydrogen-bond donors (Lipinski definition) is 1. The number of ether oxygens (including phenoxy) is 1. The molecule has 23 heavy (non-hydrogen) atoms. The maximum atomic E-state index is 12.7. The molecule has 1 aliphatic carbocycles. The van der Waals surface area contributed by atoms with Gasteiger partial charge in [-0.05, 0) is 19.8 Å². The Morgan fingerprint density at radius 1 is 1.52 bits per heavy atom. The number of aliphatic hydroxyl groups is 1. The highest BCUT2D eigenvalue weighted by Gasteiger charge is 2.56. The molecule has 1 saturated heterocycles. The first-order valence-corrected chi connectivity index (χ1v) is 8.52. The number of carbonyl (C=O) groups excluding carboxylic acids is 1. The van der Waals surface area contributed by atoms with Gasteiger partial charge in [-0.1, -0.05) is 13.8 Å². The second-order valence-corrected chi connectivity index (χ2v) is 6.94. The maximum Gasteiger partial charge on any atom is 0.276 e. The zero-order chi connectivity index (χ0) is 16.6. The van der Waals surface area contributed by atoms with Crippen LogP contribution in [-0.2, 0) is 4.74 Å². The van der Waals surface area contributed by atoms with Crippen molar-refractivity contribution in [2.75, 3.05) is 19.7 Å². The third-order valence-electron chi connectivity index (χ3n) is 5.41. The molecule has 1 amide bonds. The maximum absolute atomic E-state index is 12.7. The Balaban J connectivity index is 1.67. The number of nitrogens with zero attached hydrogens (tertiary/aromatic N) is 2. The van der Waals surface area contributed by atoms with Crippen molar-refractivity contribution >= 4 is 5.91 Å². The first kappa shape index (κ1) is 16.5. The van der Waals surface area contributed by atoms with Gasteiger partial charge in [-0.25, -0.2) is 4.98 Å². The number of rotatable bonds is 4. The van der Waals surface area contributed by atoms with Crippen molar-refractivity contribution in [3.8, 4) is 0 Å². The van der Waals surface area contributed by atoms with Crippen molar-refractivity contribution in [2.45, 2.75) is 58.2 Å². The predicted molar refractivity (Wildman–Crippen MR) is 84.2 cm³/mol. The number of hydrogen-bond acceptors (Lipinski definition) is 5. The van der Waals surface area contributed by atoms with Gasteiger partial charge in [0.1, 0.15) is 5.76 Å².